The minimum atomic E-state index is -0.731. The van der Waals surface area contributed by atoms with Crippen molar-refractivity contribution in [3.63, 3.8) is 0 Å². The van der Waals surface area contributed by atoms with Crippen LogP contribution in [0.1, 0.15) is 58.2 Å². The highest BCUT2D eigenvalue weighted by atomic mass is 79.9. The predicted octanol–water partition coefficient (Wildman–Crippen LogP) is 6.80. The molecule has 0 spiro atoms. The highest BCUT2D eigenvalue weighted by Gasteiger charge is 2.31. The van der Waals surface area contributed by atoms with E-state index >= 15 is 0 Å². The van der Waals surface area contributed by atoms with Gasteiger partial charge in [0.15, 0.2) is 0 Å². The molecular weight excluding hydrogens is 1010 g/mol. The van der Waals surface area contributed by atoms with Gasteiger partial charge in [-0.3, -0.25) is 30.3 Å². The van der Waals surface area contributed by atoms with Crippen LogP contribution in [0.5, 0.6) is 0 Å². The van der Waals surface area contributed by atoms with Crippen molar-refractivity contribution in [3.8, 4) is 0 Å². The Morgan fingerprint density at radius 3 is 0.841 bits per heavy atom. The number of likely N-dealkylation sites (N-methyl/N-ethyl adjacent to an activating group) is 3. The summed E-state index contributed by atoms with van der Waals surface area (Å²) in [6.45, 7) is 17.8. The van der Waals surface area contributed by atoms with E-state index in [2.05, 4.69) is 0 Å². The van der Waals surface area contributed by atoms with Crippen molar-refractivity contribution in [2.75, 3.05) is 58.9 Å². The van der Waals surface area contributed by atoms with E-state index in [1.54, 1.807) is 18.2 Å². The van der Waals surface area contributed by atoms with Crippen molar-refractivity contribution in [2.45, 2.75) is 80.8 Å². The summed E-state index contributed by atoms with van der Waals surface area (Å²) in [7, 11) is 0. The Bertz CT molecular complexity index is 2060. The van der Waals surface area contributed by atoms with E-state index in [0.717, 1.165) is 30.4 Å². The molecule has 4 rings (SSSR count). The van der Waals surface area contributed by atoms with Crippen LogP contribution in [0.25, 0.3) is 0 Å². The summed E-state index contributed by atoms with van der Waals surface area (Å²) in [5, 5.41) is 34.6. The van der Waals surface area contributed by atoms with E-state index in [1.807, 2.05) is 59.7 Å². The molecule has 0 unspecified atom stereocenters. The normalized spacial score (nSPS) is 11.5. The van der Waals surface area contributed by atoms with E-state index in [0.29, 0.717) is 92.0 Å². The first kappa shape index (κ1) is 56.6. The lowest BCUT2D eigenvalue weighted by atomic mass is 10.1. The van der Waals surface area contributed by atoms with Gasteiger partial charge in [0.25, 0.3) is 17.1 Å². The van der Waals surface area contributed by atoms with Crippen molar-refractivity contribution in [1.82, 2.24) is 13.7 Å². The first-order valence-electron chi connectivity index (χ1n) is 20.7. The summed E-state index contributed by atoms with van der Waals surface area (Å²) >= 11 is 0. The number of nitro benzene ring substituents is 3. The second-order valence-electron chi connectivity index (χ2n) is 15.7. The molecule has 1 aromatic heterocycles. The van der Waals surface area contributed by atoms with Gasteiger partial charge in [-0.15, -0.1) is 50.9 Å². The van der Waals surface area contributed by atoms with Gasteiger partial charge >= 0.3 is 17.1 Å². The summed E-state index contributed by atoms with van der Waals surface area (Å²) in [5.41, 5.74) is -0.0285. The van der Waals surface area contributed by atoms with E-state index in [4.69, 9.17) is 0 Å². The van der Waals surface area contributed by atoms with E-state index < -0.39 is 31.8 Å². The van der Waals surface area contributed by atoms with Crippen LogP contribution >= 0.6 is 50.9 Å². The number of quaternary nitrogens is 3. The zero-order valence-electron chi connectivity index (χ0n) is 37.0. The number of aromatic nitrogens is 3. The monoisotopic (exact) mass is 1070 g/mol. The summed E-state index contributed by atoms with van der Waals surface area (Å²) < 4.78 is 4.63. The van der Waals surface area contributed by atoms with Gasteiger partial charge < -0.3 is 13.4 Å². The molecule has 348 valence electrons. The highest BCUT2D eigenvalue weighted by Crippen LogP contribution is 2.22. The number of nitrogens with zero attached hydrogens (tertiary/aromatic N) is 9. The van der Waals surface area contributed by atoms with Gasteiger partial charge in [-0.05, 0) is 41.5 Å². The van der Waals surface area contributed by atoms with Crippen LogP contribution in [-0.2, 0) is 39.3 Å². The molecule has 0 aliphatic carbocycles. The van der Waals surface area contributed by atoms with Gasteiger partial charge in [0.1, 0.15) is 19.6 Å². The van der Waals surface area contributed by atoms with Crippen LogP contribution in [0.15, 0.2) is 87.2 Å². The average Bonchev–Trinajstić information content (AvgIpc) is 3.25. The molecular formula is C42H63Br3N9O9+3. The van der Waals surface area contributed by atoms with Crippen molar-refractivity contribution in [3.05, 3.63) is 151 Å². The highest BCUT2D eigenvalue weighted by molar-refractivity contribution is 8.93. The fourth-order valence-electron chi connectivity index (χ4n) is 8.19. The van der Waals surface area contributed by atoms with Crippen LogP contribution in [0, 0.1) is 30.3 Å². The van der Waals surface area contributed by atoms with Gasteiger partial charge in [-0.1, -0.05) is 36.4 Å². The molecule has 0 saturated heterocycles. The molecule has 0 aliphatic rings. The Hall–Kier alpha value is -4.41. The Balaban J connectivity index is 0.00000661. The van der Waals surface area contributed by atoms with Crippen LogP contribution in [0.2, 0.25) is 0 Å². The Kier molecular flexibility index (Phi) is 22.6. The first-order chi connectivity index (χ1) is 28.5. The van der Waals surface area contributed by atoms with Gasteiger partial charge in [0, 0.05) is 53.1 Å². The Labute approximate surface area is 398 Å². The number of halogens is 3. The molecule has 0 N–H and O–H groups in total. The lowest BCUT2D eigenvalue weighted by molar-refractivity contribution is -0.938. The van der Waals surface area contributed by atoms with Gasteiger partial charge in [0.2, 0.25) is 0 Å². The van der Waals surface area contributed by atoms with Crippen molar-refractivity contribution in [2.24, 2.45) is 0 Å². The molecule has 0 bridgehead atoms. The molecule has 18 nitrogen and oxygen atoms in total. The molecule has 0 atom stereocenters. The summed E-state index contributed by atoms with van der Waals surface area (Å²) in [6, 6.07) is 19.3. The molecule has 21 heteroatoms. The molecule has 3 aromatic carbocycles. The maximum atomic E-state index is 14.4. The average molecular weight is 1080 g/mol. The topological polar surface area (TPSA) is 195 Å². The van der Waals surface area contributed by atoms with Gasteiger partial charge in [0.05, 0.1) is 93.3 Å². The molecule has 0 fully saturated rings. The zero-order chi connectivity index (χ0) is 44.3. The summed E-state index contributed by atoms with van der Waals surface area (Å²) in [6.07, 6.45) is 0. The predicted molar refractivity (Wildman–Crippen MR) is 259 cm³/mol. The first-order valence-corrected chi connectivity index (χ1v) is 20.7. The van der Waals surface area contributed by atoms with Gasteiger partial charge in [-0.2, -0.15) is 0 Å². The smallest absolute Gasteiger partial charge is 0.319 e. The fraction of sp³-hybridized carbons (Fsp3) is 0.500. The van der Waals surface area contributed by atoms with E-state index in [-0.39, 0.29) is 87.6 Å². The third-order valence-corrected chi connectivity index (χ3v) is 12.7. The zero-order valence-corrected chi connectivity index (χ0v) is 42.1. The Morgan fingerprint density at radius 2 is 0.651 bits per heavy atom. The van der Waals surface area contributed by atoms with Crippen molar-refractivity contribution < 1.29 is 28.2 Å². The van der Waals surface area contributed by atoms with Crippen LogP contribution in [0.4, 0.5) is 17.1 Å². The maximum absolute atomic E-state index is 14.4. The lowest BCUT2D eigenvalue weighted by Gasteiger charge is -2.38. The molecule has 63 heavy (non-hydrogen) atoms. The summed E-state index contributed by atoms with van der Waals surface area (Å²) in [4.78, 5) is 76.6. The van der Waals surface area contributed by atoms with Crippen LogP contribution in [-0.4, -0.2) is 101 Å². The fourth-order valence-corrected chi connectivity index (χ4v) is 8.19. The number of hydrogen-bond acceptors (Lipinski definition) is 9. The second-order valence-corrected chi connectivity index (χ2v) is 15.7. The number of hydrogen-bond donors (Lipinski definition) is 0. The SMILES string of the molecule is Br.Br.Br.CC[N+](CC)(CCn1c(=O)n(CC[N+](CC)(CC)Cc2cccc([N+](=O)[O-])c2)c(=O)n(CC[N+](CC)(CC)Cc2cccc([N+](=O)[O-])c2)c1=O)Cc1cccc([N+](=O)[O-])c1. The summed E-state index contributed by atoms with van der Waals surface area (Å²) in [5.74, 6) is 0. The van der Waals surface area contributed by atoms with E-state index in [1.165, 1.54) is 36.4 Å². The minimum absolute atomic E-state index is 0. The molecule has 1 heterocycles. The number of rotatable bonds is 24. The van der Waals surface area contributed by atoms with Crippen molar-refractivity contribution in [1.29, 1.82) is 0 Å². The molecule has 0 amide bonds. The van der Waals surface area contributed by atoms with Crippen LogP contribution < -0.4 is 17.1 Å². The third kappa shape index (κ3) is 14.0. The number of non-ortho nitro benzene ring substituents is 3. The van der Waals surface area contributed by atoms with Gasteiger partial charge in [-0.25, -0.2) is 28.1 Å². The number of nitro groups is 3. The molecule has 0 saturated carbocycles. The number of benzene rings is 3. The standard InChI is InChI=1S/C42H60N9O9.3BrH/c1-7-49(8-2,31-34-16-13-19-37(28-34)46(55)56)25-22-43-40(52)44(23-26-50(9-3,10-4)32-35-17-14-20-38(29-35)47(57)58)42(54)45(41(43)53)24-27-51(11-5,12-6)33-36-18-15-21-39(30-36)48(59)60;;;/h13-21,28-30H,7-12,22-27,31-33H2,1-6H3;3*1H/q+3;;;. The van der Waals surface area contributed by atoms with Crippen LogP contribution in [0.3, 0.4) is 0 Å². The largest absolute Gasteiger partial charge is 0.336 e. The molecule has 4 aromatic rings. The van der Waals surface area contributed by atoms with Crippen molar-refractivity contribution >= 4 is 68.0 Å². The quantitative estimate of drug-likeness (QED) is 0.0412. The Morgan fingerprint density at radius 1 is 0.429 bits per heavy atom. The molecule has 0 aliphatic heterocycles. The maximum Gasteiger partial charge on any atom is 0.336 e. The van der Waals surface area contributed by atoms with E-state index in [9.17, 15) is 44.7 Å². The molecule has 0 radical (unpaired) electrons. The third-order valence-electron chi connectivity index (χ3n) is 12.7. The second kappa shape index (κ2) is 25.2. The minimum Gasteiger partial charge on any atom is -0.319 e. The lowest BCUT2D eigenvalue weighted by Crippen LogP contribution is -2.59.